The predicted molar refractivity (Wildman–Crippen MR) is 138 cm³/mol. The molecular formula is C29H28N2O7. The summed E-state index contributed by atoms with van der Waals surface area (Å²) >= 11 is 0. The molecular weight excluding hydrogens is 488 g/mol. The van der Waals surface area contributed by atoms with Crippen molar-refractivity contribution in [1.29, 1.82) is 0 Å². The second-order valence-corrected chi connectivity index (χ2v) is 9.36. The van der Waals surface area contributed by atoms with E-state index >= 15 is 0 Å². The zero-order valence-corrected chi connectivity index (χ0v) is 21.2. The second-order valence-electron chi connectivity index (χ2n) is 9.36. The molecule has 2 saturated heterocycles. The van der Waals surface area contributed by atoms with Crippen LogP contribution in [-0.4, -0.2) is 49.8 Å². The Labute approximate surface area is 219 Å². The van der Waals surface area contributed by atoms with Crippen LogP contribution in [0.1, 0.15) is 17.2 Å². The van der Waals surface area contributed by atoms with E-state index in [1.54, 1.807) is 42.5 Å². The SMILES string of the molecule is COc1ccc([C@@H]2N[C@](Cc3ccccc3)(C(=O)O)[C@@H]3C(=O)N(c4ccccc4OC)C(=O)[C@@H]32)c(OC)c1. The Bertz CT molecular complexity index is 1390. The van der Waals surface area contributed by atoms with E-state index in [1.807, 2.05) is 30.3 Å². The third-order valence-electron chi connectivity index (χ3n) is 7.46. The van der Waals surface area contributed by atoms with Gasteiger partial charge >= 0.3 is 5.97 Å². The molecule has 0 aliphatic carbocycles. The average molecular weight is 517 g/mol. The van der Waals surface area contributed by atoms with Gasteiger partial charge in [0.2, 0.25) is 11.8 Å². The molecule has 2 N–H and O–H groups in total. The topological polar surface area (TPSA) is 114 Å². The van der Waals surface area contributed by atoms with Crippen molar-refractivity contribution in [3.63, 3.8) is 0 Å². The van der Waals surface area contributed by atoms with Gasteiger partial charge in [-0.15, -0.1) is 0 Å². The van der Waals surface area contributed by atoms with Crippen LogP contribution < -0.4 is 24.4 Å². The molecule has 0 aromatic heterocycles. The van der Waals surface area contributed by atoms with Gasteiger partial charge in [-0.05, 0) is 23.8 Å². The van der Waals surface area contributed by atoms with Gasteiger partial charge in [0.05, 0.1) is 38.9 Å². The van der Waals surface area contributed by atoms with E-state index < -0.39 is 41.2 Å². The van der Waals surface area contributed by atoms with Crippen LogP contribution in [-0.2, 0) is 20.8 Å². The first-order chi connectivity index (χ1) is 18.4. The molecule has 2 aliphatic rings. The highest BCUT2D eigenvalue weighted by molar-refractivity contribution is 6.25. The third-order valence-corrected chi connectivity index (χ3v) is 7.46. The number of carboxylic acids is 1. The molecule has 0 unspecified atom stereocenters. The van der Waals surface area contributed by atoms with Gasteiger partial charge < -0.3 is 19.3 Å². The van der Waals surface area contributed by atoms with Crippen LogP contribution in [0.5, 0.6) is 17.2 Å². The maximum absolute atomic E-state index is 14.1. The maximum Gasteiger partial charge on any atom is 0.325 e. The Hall–Kier alpha value is -4.37. The molecule has 2 heterocycles. The fourth-order valence-corrected chi connectivity index (χ4v) is 5.75. The molecule has 3 aromatic carbocycles. The van der Waals surface area contributed by atoms with Crippen LogP contribution in [0, 0.1) is 11.8 Å². The van der Waals surface area contributed by atoms with E-state index in [4.69, 9.17) is 14.2 Å². The van der Waals surface area contributed by atoms with Crippen LogP contribution in [0.25, 0.3) is 0 Å². The number of hydrogen-bond acceptors (Lipinski definition) is 7. The number of rotatable bonds is 8. The molecule has 5 rings (SSSR count). The fourth-order valence-electron chi connectivity index (χ4n) is 5.75. The Morgan fingerprint density at radius 3 is 2.24 bits per heavy atom. The summed E-state index contributed by atoms with van der Waals surface area (Å²) in [6.45, 7) is 0. The monoisotopic (exact) mass is 516 g/mol. The average Bonchev–Trinajstić information content (AvgIpc) is 3.42. The van der Waals surface area contributed by atoms with E-state index in [0.29, 0.717) is 22.8 Å². The van der Waals surface area contributed by atoms with Crippen molar-refractivity contribution in [2.24, 2.45) is 11.8 Å². The van der Waals surface area contributed by atoms with Gasteiger partial charge in [0.25, 0.3) is 0 Å². The van der Waals surface area contributed by atoms with Gasteiger partial charge in [-0.25, -0.2) is 4.90 Å². The number of imide groups is 1. The van der Waals surface area contributed by atoms with Crippen LogP contribution in [0.2, 0.25) is 0 Å². The summed E-state index contributed by atoms with van der Waals surface area (Å²) in [5, 5.41) is 13.9. The Morgan fingerprint density at radius 2 is 1.58 bits per heavy atom. The van der Waals surface area contributed by atoms with Crippen LogP contribution in [0.3, 0.4) is 0 Å². The zero-order chi connectivity index (χ0) is 27.0. The number of carbonyl (C=O) groups excluding carboxylic acids is 2. The van der Waals surface area contributed by atoms with E-state index in [0.717, 1.165) is 10.5 Å². The number of nitrogens with one attached hydrogen (secondary N) is 1. The number of carbonyl (C=O) groups is 3. The number of carboxylic acid groups (broad SMARTS) is 1. The highest BCUT2D eigenvalue weighted by Gasteiger charge is 2.69. The van der Waals surface area contributed by atoms with Gasteiger partial charge in [-0.3, -0.25) is 19.7 Å². The summed E-state index contributed by atoms with van der Waals surface area (Å²) in [7, 11) is 4.47. The van der Waals surface area contributed by atoms with Crippen LogP contribution in [0.15, 0.2) is 72.8 Å². The lowest BCUT2D eigenvalue weighted by atomic mass is 9.76. The molecule has 2 fully saturated rings. The summed E-state index contributed by atoms with van der Waals surface area (Å²) in [5.74, 6) is -3.21. The predicted octanol–water partition coefficient (Wildman–Crippen LogP) is 3.23. The molecule has 4 atom stereocenters. The number of fused-ring (bicyclic) bond motifs is 1. The fraction of sp³-hybridized carbons (Fsp3) is 0.276. The Balaban J connectivity index is 1.70. The van der Waals surface area contributed by atoms with Gasteiger partial charge in [0, 0.05) is 24.1 Å². The molecule has 2 amide bonds. The van der Waals surface area contributed by atoms with Crippen molar-refractivity contribution in [2.75, 3.05) is 26.2 Å². The van der Waals surface area contributed by atoms with Crippen molar-refractivity contribution in [1.82, 2.24) is 5.32 Å². The summed E-state index contributed by atoms with van der Waals surface area (Å²) in [4.78, 5) is 42.4. The minimum absolute atomic E-state index is 0.00189. The summed E-state index contributed by atoms with van der Waals surface area (Å²) in [6, 6.07) is 20.1. The highest BCUT2D eigenvalue weighted by atomic mass is 16.5. The molecule has 2 aliphatic heterocycles. The van der Waals surface area contributed by atoms with Crippen LogP contribution >= 0.6 is 0 Å². The minimum Gasteiger partial charge on any atom is -0.497 e. The van der Waals surface area contributed by atoms with E-state index in [2.05, 4.69) is 5.32 Å². The second kappa shape index (κ2) is 9.83. The molecule has 38 heavy (non-hydrogen) atoms. The standard InChI is InChI=1S/C29H28N2O7/c1-36-18-13-14-19(22(15-18)38-3)25-23-24(29(30-25,28(34)35)16-17-9-5-4-6-10-17)27(33)31(26(23)32)20-11-7-8-12-21(20)37-2/h4-15,23-25,30H,16H2,1-3H3,(H,34,35)/t23-,24-,25-,29-/m0/s1. The maximum atomic E-state index is 14.1. The number of ether oxygens (including phenoxy) is 3. The number of nitrogens with zero attached hydrogens (tertiary/aromatic N) is 1. The largest absolute Gasteiger partial charge is 0.497 e. The molecule has 3 aromatic rings. The minimum atomic E-state index is -1.76. The van der Waals surface area contributed by atoms with Crippen molar-refractivity contribution in [2.45, 2.75) is 18.0 Å². The first kappa shape index (κ1) is 25.3. The van der Waals surface area contributed by atoms with Crippen molar-refractivity contribution in [3.8, 4) is 17.2 Å². The van der Waals surface area contributed by atoms with Crippen molar-refractivity contribution in [3.05, 3.63) is 83.9 Å². The molecule has 0 radical (unpaired) electrons. The lowest BCUT2D eigenvalue weighted by molar-refractivity contribution is -0.148. The van der Waals surface area contributed by atoms with E-state index in [9.17, 15) is 19.5 Å². The van der Waals surface area contributed by atoms with Crippen molar-refractivity contribution < 1.29 is 33.7 Å². The molecule has 196 valence electrons. The molecule has 9 heteroatoms. The summed E-state index contributed by atoms with van der Waals surface area (Å²) < 4.78 is 16.4. The summed E-state index contributed by atoms with van der Waals surface area (Å²) in [6.07, 6.45) is -0.00189. The summed E-state index contributed by atoms with van der Waals surface area (Å²) in [5.41, 5.74) is -0.202. The van der Waals surface area contributed by atoms with Gasteiger partial charge in [0.15, 0.2) is 0 Å². The lowest BCUT2D eigenvalue weighted by Gasteiger charge is -2.31. The number of anilines is 1. The van der Waals surface area contributed by atoms with E-state index in [-0.39, 0.29) is 12.1 Å². The van der Waals surface area contributed by atoms with E-state index in [1.165, 1.54) is 21.3 Å². The van der Waals surface area contributed by atoms with Gasteiger partial charge in [-0.2, -0.15) is 0 Å². The first-order valence-electron chi connectivity index (χ1n) is 12.1. The smallest absolute Gasteiger partial charge is 0.325 e. The van der Waals surface area contributed by atoms with Gasteiger partial charge in [-0.1, -0.05) is 48.5 Å². The third kappa shape index (κ3) is 3.86. The zero-order valence-electron chi connectivity index (χ0n) is 21.2. The Kier molecular flexibility index (Phi) is 6.54. The molecule has 0 saturated carbocycles. The molecule has 0 bridgehead atoms. The highest BCUT2D eigenvalue weighted by Crippen LogP contribution is 2.53. The number of benzene rings is 3. The number of para-hydroxylation sites is 2. The Morgan fingerprint density at radius 1 is 0.895 bits per heavy atom. The number of hydrogen-bond donors (Lipinski definition) is 2. The molecule has 0 spiro atoms. The number of amides is 2. The van der Waals surface area contributed by atoms with Gasteiger partial charge in [0.1, 0.15) is 22.8 Å². The van der Waals surface area contributed by atoms with Crippen molar-refractivity contribution >= 4 is 23.5 Å². The first-order valence-corrected chi connectivity index (χ1v) is 12.1. The normalized spacial score (nSPS) is 24.3. The quantitative estimate of drug-likeness (QED) is 0.439. The number of aliphatic carboxylic acids is 1. The lowest BCUT2D eigenvalue weighted by Crippen LogP contribution is -2.57. The van der Waals surface area contributed by atoms with Crippen LogP contribution in [0.4, 0.5) is 5.69 Å². The number of methoxy groups -OCH3 is 3. The molecule has 9 nitrogen and oxygen atoms in total.